The molecule has 0 radical (unpaired) electrons. The van der Waals surface area contributed by atoms with Gasteiger partial charge in [0.2, 0.25) is 5.91 Å². The van der Waals surface area contributed by atoms with Crippen LogP contribution in [-0.2, 0) is 15.5 Å². The van der Waals surface area contributed by atoms with Gasteiger partial charge in [-0.05, 0) is 5.56 Å². The van der Waals surface area contributed by atoms with E-state index < -0.39 is 23.0 Å². The third-order valence-corrected chi connectivity index (χ3v) is 3.98. The molecule has 0 spiro atoms. The van der Waals surface area contributed by atoms with E-state index in [0.29, 0.717) is 5.56 Å². The van der Waals surface area contributed by atoms with Gasteiger partial charge in [0.25, 0.3) is 5.92 Å². The second-order valence-corrected chi connectivity index (χ2v) is 6.05. The lowest BCUT2D eigenvalue weighted by Gasteiger charge is -2.09. The molecule has 1 unspecified atom stereocenters. The zero-order valence-corrected chi connectivity index (χ0v) is 12.8. The average molecular weight is 341 g/mol. The molecule has 122 valence electrons. The van der Waals surface area contributed by atoms with Gasteiger partial charge in [-0.15, -0.1) is 5.10 Å². The standard InChI is InChI=1S/C14H13F2N3O3S/c1-14(15,16)9-4-2-8(3-5-9)7-17-19-13-18-12(22)10(23-13)6-11(20)21/h2-5,7,10H,6H2,1H3,(H,20,21)(H,18,19,22). The number of hydrogen-bond donors (Lipinski definition) is 2. The summed E-state index contributed by atoms with van der Waals surface area (Å²) in [5.41, 5.74) is 0.467. The third-order valence-electron chi connectivity index (χ3n) is 2.91. The van der Waals surface area contributed by atoms with Gasteiger partial charge in [-0.2, -0.15) is 5.10 Å². The second kappa shape index (κ2) is 6.86. The van der Waals surface area contributed by atoms with Crippen molar-refractivity contribution in [1.29, 1.82) is 0 Å². The fraction of sp³-hybridized carbons (Fsp3) is 0.286. The smallest absolute Gasteiger partial charge is 0.305 e. The molecule has 1 aromatic carbocycles. The van der Waals surface area contributed by atoms with Crippen LogP contribution < -0.4 is 5.32 Å². The van der Waals surface area contributed by atoms with Crippen LogP contribution >= 0.6 is 11.8 Å². The fourth-order valence-electron chi connectivity index (χ4n) is 1.75. The Morgan fingerprint density at radius 3 is 2.65 bits per heavy atom. The van der Waals surface area contributed by atoms with E-state index in [1.807, 2.05) is 0 Å². The molecule has 1 aliphatic rings. The van der Waals surface area contributed by atoms with E-state index in [1.165, 1.54) is 30.5 Å². The van der Waals surface area contributed by atoms with Gasteiger partial charge in [0.15, 0.2) is 5.17 Å². The van der Waals surface area contributed by atoms with Crippen LogP contribution in [0.3, 0.4) is 0 Å². The number of benzene rings is 1. The topological polar surface area (TPSA) is 91.1 Å². The van der Waals surface area contributed by atoms with E-state index >= 15 is 0 Å². The minimum Gasteiger partial charge on any atom is -0.481 e. The highest BCUT2D eigenvalue weighted by Crippen LogP contribution is 2.26. The summed E-state index contributed by atoms with van der Waals surface area (Å²) in [5, 5.41) is 18.1. The molecule has 2 N–H and O–H groups in total. The van der Waals surface area contributed by atoms with Gasteiger partial charge in [-0.25, -0.2) is 8.78 Å². The summed E-state index contributed by atoms with van der Waals surface area (Å²) in [4.78, 5) is 22.1. The monoisotopic (exact) mass is 341 g/mol. The van der Waals surface area contributed by atoms with Gasteiger partial charge in [-0.3, -0.25) is 9.59 Å². The maximum atomic E-state index is 13.1. The molecular weight excluding hydrogens is 328 g/mol. The molecule has 0 aliphatic carbocycles. The van der Waals surface area contributed by atoms with Gasteiger partial charge in [0, 0.05) is 12.5 Å². The molecule has 1 aliphatic heterocycles. The van der Waals surface area contributed by atoms with Crippen LogP contribution in [0.25, 0.3) is 0 Å². The predicted molar refractivity (Wildman–Crippen MR) is 82.8 cm³/mol. The molecule has 1 aromatic rings. The molecule has 1 amide bonds. The number of nitrogens with zero attached hydrogens (tertiary/aromatic N) is 2. The summed E-state index contributed by atoms with van der Waals surface area (Å²) in [5.74, 6) is -4.41. The Bertz CT molecular complexity index is 669. The van der Waals surface area contributed by atoms with Crippen molar-refractivity contribution >= 4 is 35.0 Å². The number of alkyl halides is 2. The van der Waals surface area contributed by atoms with Crippen LogP contribution in [0, 0.1) is 0 Å². The molecule has 0 bridgehead atoms. The quantitative estimate of drug-likeness (QED) is 0.634. The Labute approximate surface area is 134 Å². The number of nitrogens with one attached hydrogen (secondary N) is 1. The Kier molecular flexibility index (Phi) is 5.09. The average Bonchev–Trinajstić information content (AvgIpc) is 2.78. The van der Waals surface area contributed by atoms with Crippen molar-refractivity contribution in [3.05, 3.63) is 35.4 Å². The number of carboxylic acid groups (broad SMARTS) is 1. The van der Waals surface area contributed by atoms with Crippen LogP contribution in [0.15, 0.2) is 34.5 Å². The molecule has 6 nitrogen and oxygen atoms in total. The first-order valence-corrected chi connectivity index (χ1v) is 7.42. The van der Waals surface area contributed by atoms with E-state index in [2.05, 4.69) is 15.5 Å². The third kappa shape index (κ3) is 4.85. The minimum absolute atomic E-state index is 0.101. The number of amides is 1. The molecular formula is C14H13F2N3O3S. The highest BCUT2D eigenvalue weighted by molar-refractivity contribution is 8.15. The summed E-state index contributed by atoms with van der Waals surface area (Å²) in [6.07, 6.45) is 1.05. The van der Waals surface area contributed by atoms with Crippen molar-refractivity contribution in [3.63, 3.8) is 0 Å². The summed E-state index contributed by atoms with van der Waals surface area (Å²) in [6, 6.07) is 5.54. The van der Waals surface area contributed by atoms with Crippen molar-refractivity contribution in [2.75, 3.05) is 0 Å². The number of carboxylic acids is 1. The van der Waals surface area contributed by atoms with Crippen LogP contribution in [0.5, 0.6) is 0 Å². The molecule has 0 aromatic heterocycles. The summed E-state index contributed by atoms with van der Waals surface area (Å²) in [7, 11) is 0. The second-order valence-electron chi connectivity index (χ2n) is 4.85. The molecule has 23 heavy (non-hydrogen) atoms. The van der Waals surface area contributed by atoms with Gasteiger partial charge in [0.05, 0.1) is 12.6 Å². The number of carbonyl (C=O) groups is 2. The molecule has 2 rings (SSSR count). The Balaban J connectivity index is 1.99. The largest absolute Gasteiger partial charge is 0.481 e. The molecule has 1 atom stereocenters. The lowest BCUT2D eigenvalue weighted by atomic mass is 10.1. The van der Waals surface area contributed by atoms with E-state index in [-0.39, 0.29) is 17.2 Å². The number of hydrogen-bond acceptors (Lipinski definition) is 5. The number of carbonyl (C=O) groups excluding carboxylic acids is 1. The summed E-state index contributed by atoms with van der Waals surface area (Å²) < 4.78 is 26.1. The van der Waals surface area contributed by atoms with Gasteiger partial charge in [-0.1, -0.05) is 36.0 Å². The number of rotatable bonds is 5. The maximum absolute atomic E-state index is 13.1. The van der Waals surface area contributed by atoms with Gasteiger partial charge in [0.1, 0.15) is 5.25 Å². The Morgan fingerprint density at radius 2 is 2.09 bits per heavy atom. The molecule has 1 heterocycles. The number of halogens is 2. The zero-order chi connectivity index (χ0) is 17.0. The van der Waals surface area contributed by atoms with Crippen molar-refractivity contribution in [2.24, 2.45) is 10.2 Å². The first kappa shape index (κ1) is 17.1. The highest BCUT2D eigenvalue weighted by atomic mass is 32.2. The maximum Gasteiger partial charge on any atom is 0.305 e. The molecule has 1 fully saturated rings. The first-order chi connectivity index (χ1) is 10.8. The zero-order valence-electron chi connectivity index (χ0n) is 12.0. The normalized spacial score (nSPS) is 20.2. The molecule has 0 saturated carbocycles. The van der Waals surface area contributed by atoms with Crippen molar-refractivity contribution < 1.29 is 23.5 Å². The fourth-order valence-corrected chi connectivity index (χ4v) is 2.67. The van der Waals surface area contributed by atoms with Crippen LogP contribution in [-0.4, -0.2) is 33.6 Å². The number of aliphatic carboxylic acids is 1. The summed E-state index contributed by atoms with van der Waals surface area (Å²) >= 11 is 0.984. The van der Waals surface area contributed by atoms with Crippen LogP contribution in [0.1, 0.15) is 24.5 Å². The van der Waals surface area contributed by atoms with Gasteiger partial charge >= 0.3 is 5.97 Å². The van der Waals surface area contributed by atoms with Crippen molar-refractivity contribution in [3.8, 4) is 0 Å². The minimum atomic E-state index is -2.90. The lowest BCUT2D eigenvalue weighted by Crippen LogP contribution is -2.26. The van der Waals surface area contributed by atoms with E-state index in [4.69, 9.17) is 5.11 Å². The van der Waals surface area contributed by atoms with Crippen molar-refractivity contribution in [2.45, 2.75) is 24.5 Å². The predicted octanol–water partition coefficient (Wildman–Crippen LogP) is 2.19. The van der Waals surface area contributed by atoms with E-state index in [0.717, 1.165) is 18.7 Å². The lowest BCUT2D eigenvalue weighted by molar-refractivity contribution is -0.138. The first-order valence-electron chi connectivity index (χ1n) is 6.54. The van der Waals surface area contributed by atoms with Gasteiger partial charge < -0.3 is 10.4 Å². The molecule has 9 heteroatoms. The van der Waals surface area contributed by atoms with Crippen molar-refractivity contribution in [1.82, 2.24) is 5.32 Å². The summed E-state index contributed by atoms with van der Waals surface area (Å²) in [6.45, 7) is 0.815. The number of thioether (sulfide) groups is 1. The van der Waals surface area contributed by atoms with E-state index in [9.17, 15) is 18.4 Å². The number of amidine groups is 1. The Morgan fingerprint density at radius 1 is 1.43 bits per heavy atom. The SMILES string of the molecule is CC(F)(F)c1ccc(C=NN=C2NC(=O)C(CC(=O)O)S2)cc1. The Hall–Kier alpha value is -2.29. The molecule has 1 saturated heterocycles. The van der Waals surface area contributed by atoms with E-state index in [1.54, 1.807) is 0 Å². The van der Waals surface area contributed by atoms with Crippen LogP contribution in [0.2, 0.25) is 0 Å². The van der Waals surface area contributed by atoms with Crippen LogP contribution in [0.4, 0.5) is 8.78 Å². The highest BCUT2D eigenvalue weighted by Gasteiger charge is 2.32.